The Morgan fingerprint density at radius 2 is 2.10 bits per heavy atom. The molecule has 6 nitrogen and oxygen atoms in total. The van der Waals surface area contributed by atoms with Crippen LogP contribution in [0.25, 0.3) is 0 Å². The number of nitrogens with zero attached hydrogens (tertiary/aromatic N) is 1. The first-order valence-corrected chi connectivity index (χ1v) is 6.79. The highest BCUT2D eigenvalue weighted by Gasteiger charge is 2.22. The molecule has 2 atom stereocenters. The van der Waals surface area contributed by atoms with Gasteiger partial charge >= 0.3 is 0 Å². The maximum absolute atomic E-state index is 12.0. The summed E-state index contributed by atoms with van der Waals surface area (Å²) in [7, 11) is 0. The highest BCUT2D eigenvalue weighted by Crippen LogP contribution is 2.14. The van der Waals surface area contributed by atoms with Crippen LogP contribution in [0.2, 0.25) is 0 Å². The Bertz CT molecular complexity index is 493. The number of nitro benzene ring substituents is 1. The number of hydrogen-bond acceptors (Lipinski definition) is 4. The standard InChI is InChI=1S/C14H19N3O3.ClH/c1-10-6-7-15-9-13(10)16-14(18)8-11-2-4-12(5-3-11)17(19)20;/h2-5,10,13,15H,6-9H2,1H3,(H,16,18);1H. The van der Waals surface area contributed by atoms with Gasteiger partial charge in [-0.05, 0) is 24.4 Å². The van der Waals surface area contributed by atoms with Crippen LogP contribution in [0.1, 0.15) is 18.9 Å². The lowest BCUT2D eigenvalue weighted by Crippen LogP contribution is -2.50. The molecule has 7 heteroatoms. The second-order valence-corrected chi connectivity index (χ2v) is 5.24. The van der Waals surface area contributed by atoms with Crippen LogP contribution in [0.3, 0.4) is 0 Å². The molecule has 0 saturated carbocycles. The van der Waals surface area contributed by atoms with Crippen molar-refractivity contribution in [1.29, 1.82) is 0 Å². The molecular formula is C14H20ClN3O3. The third-order valence-electron chi connectivity index (χ3n) is 3.69. The van der Waals surface area contributed by atoms with E-state index in [1.807, 2.05) is 0 Å². The number of carbonyl (C=O) groups excluding carboxylic acids is 1. The summed E-state index contributed by atoms with van der Waals surface area (Å²) in [4.78, 5) is 22.1. The van der Waals surface area contributed by atoms with Gasteiger partial charge in [-0.15, -0.1) is 12.4 Å². The number of nitrogens with one attached hydrogen (secondary N) is 2. The van der Waals surface area contributed by atoms with E-state index in [9.17, 15) is 14.9 Å². The molecule has 1 aliphatic heterocycles. The fourth-order valence-corrected chi connectivity index (χ4v) is 2.36. The van der Waals surface area contributed by atoms with Crippen molar-refractivity contribution in [1.82, 2.24) is 10.6 Å². The van der Waals surface area contributed by atoms with Crippen LogP contribution < -0.4 is 10.6 Å². The van der Waals surface area contributed by atoms with Gasteiger partial charge in [0.15, 0.2) is 0 Å². The Balaban J connectivity index is 0.00000220. The van der Waals surface area contributed by atoms with Crippen LogP contribution in [0.15, 0.2) is 24.3 Å². The molecule has 1 heterocycles. The minimum atomic E-state index is -0.445. The Morgan fingerprint density at radius 1 is 1.43 bits per heavy atom. The first-order valence-electron chi connectivity index (χ1n) is 6.79. The average Bonchev–Trinajstić information content (AvgIpc) is 2.42. The molecule has 1 fully saturated rings. The van der Waals surface area contributed by atoms with Crippen LogP contribution in [0.4, 0.5) is 5.69 Å². The van der Waals surface area contributed by atoms with E-state index in [1.54, 1.807) is 12.1 Å². The average molecular weight is 314 g/mol. The molecule has 1 aromatic carbocycles. The zero-order valence-electron chi connectivity index (χ0n) is 11.9. The summed E-state index contributed by atoms with van der Waals surface area (Å²) in [5.41, 5.74) is 0.823. The smallest absolute Gasteiger partial charge is 0.269 e. The van der Waals surface area contributed by atoms with Crippen molar-refractivity contribution in [2.75, 3.05) is 13.1 Å². The molecule has 0 aliphatic carbocycles. The van der Waals surface area contributed by atoms with Crippen molar-refractivity contribution in [3.63, 3.8) is 0 Å². The van der Waals surface area contributed by atoms with E-state index >= 15 is 0 Å². The van der Waals surface area contributed by atoms with E-state index in [-0.39, 0.29) is 36.5 Å². The van der Waals surface area contributed by atoms with Gasteiger partial charge in [0.2, 0.25) is 5.91 Å². The van der Waals surface area contributed by atoms with E-state index in [0.717, 1.165) is 25.1 Å². The van der Waals surface area contributed by atoms with Gasteiger partial charge in [-0.3, -0.25) is 14.9 Å². The van der Waals surface area contributed by atoms with Crippen molar-refractivity contribution < 1.29 is 9.72 Å². The number of benzene rings is 1. The Morgan fingerprint density at radius 3 is 2.67 bits per heavy atom. The molecule has 2 rings (SSSR count). The Labute approximate surface area is 129 Å². The van der Waals surface area contributed by atoms with Crippen LogP contribution in [-0.2, 0) is 11.2 Å². The molecule has 21 heavy (non-hydrogen) atoms. The molecule has 0 spiro atoms. The van der Waals surface area contributed by atoms with Gasteiger partial charge in [0, 0.05) is 24.7 Å². The van der Waals surface area contributed by atoms with E-state index in [4.69, 9.17) is 0 Å². The Hall–Kier alpha value is -1.66. The molecule has 116 valence electrons. The molecular weight excluding hydrogens is 294 g/mol. The largest absolute Gasteiger partial charge is 0.352 e. The van der Waals surface area contributed by atoms with Crippen LogP contribution in [0.5, 0.6) is 0 Å². The van der Waals surface area contributed by atoms with E-state index < -0.39 is 4.92 Å². The van der Waals surface area contributed by atoms with Gasteiger partial charge in [0.05, 0.1) is 11.3 Å². The first-order chi connectivity index (χ1) is 9.56. The molecule has 0 aromatic heterocycles. The monoisotopic (exact) mass is 313 g/mol. The molecule has 2 unspecified atom stereocenters. The fourth-order valence-electron chi connectivity index (χ4n) is 2.36. The van der Waals surface area contributed by atoms with Crippen molar-refractivity contribution >= 4 is 24.0 Å². The Kier molecular flexibility index (Phi) is 6.58. The van der Waals surface area contributed by atoms with Crippen molar-refractivity contribution in [2.45, 2.75) is 25.8 Å². The van der Waals surface area contributed by atoms with E-state index in [0.29, 0.717) is 5.92 Å². The maximum atomic E-state index is 12.0. The minimum absolute atomic E-state index is 0. The molecule has 2 N–H and O–H groups in total. The van der Waals surface area contributed by atoms with E-state index in [1.165, 1.54) is 12.1 Å². The summed E-state index contributed by atoms with van der Waals surface area (Å²) < 4.78 is 0. The predicted octanol–water partition coefficient (Wildman–Crippen LogP) is 1.67. The zero-order chi connectivity index (χ0) is 14.5. The lowest BCUT2D eigenvalue weighted by molar-refractivity contribution is -0.384. The summed E-state index contributed by atoms with van der Waals surface area (Å²) in [6, 6.07) is 6.26. The first kappa shape index (κ1) is 17.4. The summed E-state index contributed by atoms with van der Waals surface area (Å²) in [6.45, 7) is 3.93. The van der Waals surface area contributed by atoms with Crippen molar-refractivity contribution in [3.8, 4) is 0 Å². The third kappa shape index (κ3) is 4.99. The second-order valence-electron chi connectivity index (χ2n) is 5.24. The van der Waals surface area contributed by atoms with Crippen LogP contribution in [0, 0.1) is 16.0 Å². The molecule has 1 saturated heterocycles. The summed E-state index contributed by atoms with van der Waals surface area (Å²) in [6.07, 6.45) is 1.31. The highest BCUT2D eigenvalue weighted by molar-refractivity contribution is 5.85. The lowest BCUT2D eigenvalue weighted by Gasteiger charge is -2.30. The predicted molar refractivity (Wildman–Crippen MR) is 82.6 cm³/mol. The summed E-state index contributed by atoms with van der Waals surface area (Å²) in [5.74, 6) is 0.427. The van der Waals surface area contributed by atoms with Crippen molar-refractivity contribution in [3.05, 3.63) is 39.9 Å². The van der Waals surface area contributed by atoms with E-state index in [2.05, 4.69) is 17.6 Å². The number of rotatable bonds is 4. The second kappa shape index (κ2) is 7.95. The van der Waals surface area contributed by atoms with Gasteiger partial charge in [0.1, 0.15) is 0 Å². The number of piperidine rings is 1. The molecule has 1 amide bonds. The van der Waals surface area contributed by atoms with Gasteiger partial charge in [-0.2, -0.15) is 0 Å². The third-order valence-corrected chi connectivity index (χ3v) is 3.69. The number of halogens is 1. The number of non-ortho nitro benzene ring substituents is 1. The molecule has 1 aliphatic rings. The minimum Gasteiger partial charge on any atom is -0.352 e. The summed E-state index contributed by atoms with van der Waals surface area (Å²) in [5, 5.41) is 16.8. The number of nitro groups is 1. The molecule has 0 bridgehead atoms. The number of carbonyl (C=O) groups is 1. The van der Waals surface area contributed by atoms with Gasteiger partial charge < -0.3 is 10.6 Å². The number of hydrogen-bond donors (Lipinski definition) is 2. The summed E-state index contributed by atoms with van der Waals surface area (Å²) >= 11 is 0. The molecule has 1 aromatic rings. The van der Waals surface area contributed by atoms with Gasteiger partial charge in [-0.1, -0.05) is 19.1 Å². The highest BCUT2D eigenvalue weighted by atomic mass is 35.5. The van der Waals surface area contributed by atoms with Crippen LogP contribution >= 0.6 is 12.4 Å². The van der Waals surface area contributed by atoms with Crippen molar-refractivity contribution in [2.24, 2.45) is 5.92 Å². The fraction of sp³-hybridized carbons (Fsp3) is 0.500. The normalized spacial score (nSPS) is 21.2. The SMILES string of the molecule is CC1CCNCC1NC(=O)Cc1ccc([N+](=O)[O-])cc1.Cl. The quantitative estimate of drug-likeness (QED) is 0.654. The van der Waals surface area contributed by atoms with Gasteiger partial charge in [0.25, 0.3) is 5.69 Å². The number of amides is 1. The topological polar surface area (TPSA) is 84.3 Å². The lowest BCUT2D eigenvalue weighted by atomic mass is 9.94. The van der Waals surface area contributed by atoms with Gasteiger partial charge in [-0.25, -0.2) is 0 Å². The zero-order valence-corrected chi connectivity index (χ0v) is 12.7. The van der Waals surface area contributed by atoms with Crippen LogP contribution in [-0.4, -0.2) is 30.0 Å². The maximum Gasteiger partial charge on any atom is 0.269 e. The molecule has 0 radical (unpaired) electrons.